The van der Waals surface area contributed by atoms with E-state index in [1.54, 1.807) is 0 Å². The quantitative estimate of drug-likeness (QED) is 0.715. The van der Waals surface area contributed by atoms with E-state index in [-0.39, 0.29) is 5.91 Å². The molecule has 0 fully saturated rings. The molecule has 2 N–H and O–H groups in total. The first-order valence-electron chi connectivity index (χ1n) is 7.59. The number of rotatable bonds is 8. The summed E-state index contributed by atoms with van der Waals surface area (Å²) in [4.78, 5) is 11.9. The molecule has 5 nitrogen and oxygen atoms in total. The second-order valence-electron chi connectivity index (χ2n) is 5.58. The highest BCUT2D eigenvalue weighted by atomic mass is 32.2. The Kier molecular flexibility index (Phi) is 6.85. The second kappa shape index (κ2) is 8.88. The summed E-state index contributed by atoms with van der Waals surface area (Å²) in [7, 11) is 0. The minimum absolute atomic E-state index is 0.0198. The molecule has 1 atom stereocenters. The van der Waals surface area contributed by atoms with Crippen LogP contribution in [0.25, 0.3) is 0 Å². The molecule has 0 aliphatic heterocycles. The Bertz CT molecular complexity index is 616. The normalized spacial score (nSPS) is 12.2. The Morgan fingerprint density at radius 1 is 1.22 bits per heavy atom. The number of amides is 1. The summed E-state index contributed by atoms with van der Waals surface area (Å²) in [6.45, 7) is 6.85. The molecule has 7 heteroatoms. The van der Waals surface area contributed by atoms with E-state index in [1.165, 1.54) is 28.7 Å². The lowest BCUT2D eigenvalue weighted by molar-refractivity contribution is -0.118. The molecule has 1 heterocycles. The molecule has 0 saturated carbocycles. The van der Waals surface area contributed by atoms with E-state index in [1.807, 2.05) is 18.2 Å². The van der Waals surface area contributed by atoms with Crippen LogP contribution in [-0.4, -0.2) is 34.4 Å². The third kappa shape index (κ3) is 6.19. The SMILES string of the molecule is CC(C)Nc1nnc(SCC(=O)NCC(C)c2ccccc2)s1. The van der Waals surface area contributed by atoms with Gasteiger partial charge in [-0.25, -0.2) is 0 Å². The van der Waals surface area contributed by atoms with Crippen molar-refractivity contribution in [2.45, 2.75) is 37.1 Å². The summed E-state index contributed by atoms with van der Waals surface area (Å²) in [6, 6.07) is 10.5. The molecule has 1 aromatic carbocycles. The van der Waals surface area contributed by atoms with Crippen molar-refractivity contribution < 1.29 is 4.79 Å². The molecular weight excluding hydrogens is 328 g/mol. The van der Waals surface area contributed by atoms with Crippen molar-refractivity contribution in [3.05, 3.63) is 35.9 Å². The first kappa shape index (κ1) is 17.7. The molecule has 2 rings (SSSR count). The predicted octanol–water partition coefficient (Wildman–Crippen LogP) is 3.37. The Morgan fingerprint density at radius 3 is 2.65 bits per heavy atom. The van der Waals surface area contributed by atoms with Crippen LogP contribution in [0.4, 0.5) is 5.13 Å². The second-order valence-corrected chi connectivity index (χ2v) is 7.78. The molecule has 0 radical (unpaired) electrons. The van der Waals surface area contributed by atoms with E-state index in [0.29, 0.717) is 24.3 Å². The first-order valence-corrected chi connectivity index (χ1v) is 9.39. The molecule has 0 bridgehead atoms. The highest BCUT2D eigenvalue weighted by molar-refractivity contribution is 8.01. The topological polar surface area (TPSA) is 66.9 Å². The lowest BCUT2D eigenvalue weighted by Gasteiger charge is -2.12. The summed E-state index contributed by atoms with van der Waals surface area (Å²) < 4.78 is 0.805. The van der Waals surface area contributed by atoms with Crippen molar-refractivity contribution in [2.75, 3.05) is 17.6 Å². The van der Waals surface area contributed by atoms with Crippen LogP contribution in [0.2, 0.25) is 0 Å². The summed E-state index contributed by atoms with van der Waals surface area (Å²) in [5, 5.41) is 15.1. The van der Waals surface area contributed by atoms with Gasteiger partial charge in [-0.05, 0) is 25.3 Å². The van der Waals surface area contributed by atoms with E-state index < -0.39 is 0 Å². The maximum absolute atomic E-state index is 11.9. The average Bonchev–Trinajstić information content (AvgIpc) is 2.98. The maximum Gasteiger partial charge on any atom is 0.230 e. The summed E-state index contributed by atoms with van der Waals surface area (Å²) >= 11 is 2.89. The van der Waals surface area contributed by atoms with Crippen LogP contribution >= 0.6 is 23.1 Å². The van der Waals surface area contributed by atoms with Crippen molar-refractivity contribution in [1.82, 2.24) is 15.5 Å². The Morgan fingerprint density at radius 2 is 1.96 bits per heavy atom. The number of aromatic nitrogens is 2. The molecule has 2 aromatic rings. The van der Waals surface area contributed by atoms with Gasteiger partial charge in [0.15, 0.2) is 4.34 Å². The van der Waals surface area contributed by atoms with Gasteiger partial charge in [-0.3, -0.25) is 4.79 Å². The number of nitrogens with zero attached hydrogens (tertiary/aromatic N) is 2. The zero-order chi connectivity index (χ0) is 16.7. The minimum atomic E-state index is 0.0198. The molecule has 1 aromatic heterocycles. The molecule has 0 aliphatic carbocycles. The van der Waals surface area contributed by atoms with E-state index in [4.69, 9.17) is 0 Å². The van der Waals surface area contributed by atoms with Gasteiger partial charge in [-0.2, -0.15) is 0 Å². The lowest BCUT2D eigenvalue weighted by Crippen LogP contribution is -2.28. The molecule has 0 saturated heterocycles. The monoisotopic (exact) mass is 350 g/mol. The van der Waals surface area contributed by atoms with Crippen LogP contribution < -0.4 is 10.6 Å². The van der Waals surface area contributed by atoms with Gasteiger partial charge in [0.05, 0.1) is 5.75 Å². The van der Waals surface area contributed by atoms with Gasteiger partial charge in [0.25, 0.3) is 0 Å². The molecular formula is C16H22N4OS2. The van der Waals surface area contributed by atoms with Crippen LogP contribution in [0.5, 0.6) is 0 Å². The van der Waals surface area contributed by atoms with Crippen LogP contribution in [0.15, 0.2) is 34.7 Å². The number of carbonyl (C=O) groups excluding carboxylic acids is 1. The fourth-order valence-electron chi connectivity index (χ4n) is 1.92. The lowest BCUT2D eigenvalue weighted by atomic mass is 10.0. The number of hydrogen-bond acceptors (Lipinski definition) is 6. The first-order chi connectivity index (χ1) is 11.0. The number of benzene rings is 1. The van der Waals surface area contributed by atoms with E-state index in [0.717, 1.165) is 9.47 Å². The summed E-state index contributed by atoms with van der Waals surface area (Å²) in [6.07, 6.45) is 0. The van der Waals surface area contributed by atoms with Gasteiger partial charge in [0.1, 0.15) is 0 Å². The van der Waals surface area contributed by atoms with Crippen LogP contribution in [0, 0.1) is 0 Å². The Labute approximate surface area is 145 Å². The Hall–Kier alpha value is -1.60. The van der Waals surface area contributed by atoms with E-state index >= 15 is 0 Å². The van der Waals surface area contributed by atoms with Crippen LogP contribution in [0.1, 0.15) is 32.3 Å². The van der Waals surface area contributed by atoms with Gasteiger partial charge >= 0.3 is 0 Å². The fraction of sp³-hybridized carbons (Fsp3) is 0.438. The molecule has 124 valence electrons. The maximum atomic E-state index is 11.9. The van der Waals surface area contributed by atoms with Gasteiger partial charge in [-0.1, -0.05) is 60.4 Å². The minimum Gasteiger partial charge on any atom is -0.358 e. The number of hydrogen-bond donors (Lipinski definition) is 2. The van der Waals surface area contributed by atoms with Crippen molar-refractivity contribution >= 4 is 34.1 Å². The van der Waals surface area contributed by atoms with Crippen molar-refractivity contribution in [1.29, 1.82) is 0 Å². The summed E-state index contributed by atoms with van der Waals surface area (Å²) in [5.41, 5.74) is 1.23. The zero-order valence-electron chi connectivity index (χ0n) is 13.6. The molecule has 1 unspecified atom stereocenters. The van der Waals surface area contributed by atoms with Crippen molar-refractivity contribution in [3.63, 3.8) is 0 Å². The van der Waals surface area contributed by atoms with Gasteiger partial charge in [0, 0.05) is 12.6 Å². The van der Waals surface area contributed by atoms with E-state index in [9.17, 15) is 4.79 Å². The smallest absolute Gasteiger partial charge is 0.230 e. The van der Waals surface area contributed by atoms with Crippen molar-refractivity contribution in [2.24, 2.45) is 0 Å². The molecule has 0 aliphatic rings. The van der Waals surface area contributed by atoms with E-state index in [2.05, 4.69) is 53.7 Å². The number of nitrogens with one attached hydrogen (secondary N) is 2. The molecule has 0 spiro atoms. The standard InChI is InChI=1S/C16H22N4OS2/c1-11(2)18-15-19-20-16(23-15)22-10-14(21)17-9-12(3)13-7-5-4-6-8-13/h4-8,11-12H,9-10H2,1-3H3,(H,17,21)(H,18,19). The van der Waals surface area contributed by atoms with Gasteiger partial charge in [-0.15, -0.1) is 10.2 Å². The highest BCUT2D eigenvalue weighted by Crippen LogP contribution is 2.25. The predicted molar refractivity (Wildman–Crippen MR) is 97.3 cm³/mol. The van der Waals surface area contributed by atoms with Crippen molar-refractivity contribution in [3.8, 4) is 0 Å². The summed E-state index contributed by atoms with van der Waals surface area (Å²) in [5.74, 6) is 0.678. The van der Waals surface area contributed by atoms with Gasteiger partial charge < -0.3 is 10.6 Å². The average molecular weight is 351 g/mol. The number of anilines is 1. The zero-order valence-corrected chi connectivity index (χ0v) is 15.2. The number of carbonyl (C=O) groups is 1. The van der Waals surface area contributed by atoms with Crippen LogP contribution in [0.3, 0.4) is 0 Å². The number of thioether (sulfide) groups is 1. The Balaban J connectivity index is 1.72. The third-order valence-electron chi connectivity index (χ3n) is 3.12. The largest absolute Gasteiger partial charge is 0.358 e. The highest BCUT2D eigenvalue weighted by Gasteiger charge is 2.10. The van der Waals surface area contributed by atoms with Gasteiger partial charge in [0.2, 0.25) is 11.0 Å². The van der Waals surface area contributed by atoms with Crippen LogP contribution in [-0.2, 0) is 4.79 Å². The third-order valence-corrected chi connectivity index (χ3v) is 5.11. The fourth-order valence-corrected chi connectivity index (χ4v) is 3.65. The molecule has 1 amide bonds. The molecule has 23 heavy (non-hydrogen) atoms.